The first-order chi connectivity index (χ1) is 40.5. The summed E-state index contributed by atoms with van der Waals surface area (Å²) in [5, 5.41) is 0. The highest BCUT2D eigenvalue weighted by Gasteiger charge is 2.19. The fourth-order valence-electron chi connectivity index (χ4n) is 11.3. The Hall–Kier alpha value is -2.37. The predicted molar refractivity (Wildman–Crippen MR) is 358 cm³/mol. The van der Waals surface area contributed by atoms with Crippen molar-refractivity contribution < 1.29 is 28.6 Å². The van der Waals surface area contributed by atoms with Crippen molar-refractivity contribution in [2.75, 3.05) is 13.2 Å². The summed E-state index contributed by atoms with van der Waals surface area (Å²) < 4.78 is 16.9. The van der Waals surface area contributed by atoms with E-state index in [-0.39, 0.29) is 31.1 Å². The summed E-state index contributed by atoms with van der Waals surface area (Å²) in [7, 11) is 0. The first kappa shape index (κ1) is 79.6. The molecule has 0 saturated carbocycles. The van der Waals surface area contributed by atoms with Gasteiger partial charge < -0.3 is 14.2 Å². The molecule has 0 aliphatic heterocycles. The maximum absolute atomic E-state index is 12.9. The van der Waals surface area contributed by atoms with Crippen LogP contribution in [0.2, 0.25) is 0 Å². The lowest BCUT2D eigenvalue weighted by atomic mass is 10.0. The van der Waals surface area contributed by atoms with E-state index in [1.165, 1.54) is 295 Å². The van der Waals surface area contributed by atoms with Gasteiger partial charge in [0, 0.05) is 19.3 Å². The third-order valence-corrected chi connectivity index (χ3v) is 16.9. The van der Waals surface area contributed by atoms with Crippen LogP contribution in [0.25, 0.3) is 0 Å². The molecular formula is C76H142O6. The molecule has 0 aromatic rings. The molecule has 0 rings (SSSR count). The van der Waals surface area contributed by atoms with E-state index in [1.807, 2.05) is 0 Å². The van der Waals surface area contributed by atoms with Crippen LogP contribution >= 0.6 is 0 Å². The number of carbonyl (C=O) groups excluding carboxylic acids is 3. The molecular weight excluding hydrogens is 1010 g/mol. The van der Waals surface area contributed by atoms with Gasteiger partial charge in [0.15, 0.2) is 6.10 Å². The maximum Gasteiger partial charge on any atom is 0.306 e. The molecule has 0 saturated heterocycles. The molecule has 1 atom stereocenters. The van der Waals surface area contributed by atoms with E-state index in [1.54, 1.807) is 0 Å². The lowest BCUT2D eigenvalue weighted by Crippen LogP contribution is -2.30. The molecule has 0 fully saturated rings. The number of hydrogen-bond acceptors (Lipinski definition) is 6. The molecule has 0 bridgehead atoms. The monoisotopic (exact) mass is 1150 g/mol. The van der Waals surface area contributed by atoms with Gasteiger partial charge in [-0.25, -0.2) is 0 Å². The number of ether oxygens (including phenoxy) is 3. The van der Waals surface area contributed by atoms with Crippen LogP contribution in [-0.4, -0.2) is 37.2 Å². The van der Waals surface area contributed by atoms with Gasteiger partial charge in [-0.2, -0.15) is 0 Å². The van der Waals surface area contributed by atoms with Gasteiger partial charge in [0.25, 0.3) is 0 Å². The zero-order valence-corrected chi connectivity index (χ0v) is 55.5. The van der Waals surface area contributed by atoms with Crippen molar-refractivity contribution in [3.8, 4) is 0 Å². The molecule has 0 aliphatic rings. The third-order valence-electron chi connectivity index (χ3n) is 16.9. The number of unbranched alkanes of at least 4 members (excludes halogenated alkanes) is 52. The first-order valence-corrected chi connectivity index (χ1v) is 37.0. The largest absolute Gasteiger partial charge is 0.462 e. The molecule has 0 heterocycles. The standard InChI is InChI=1S/C76H142O6/c1-4-7-10-13-16-19-21-23-25-27-29-31-32-33-34-35-36-37-38-39-40-41-42-43-44-46-47-49-51-53-55-57-60-63-66-69-75(78)81-72-73(71-80-74(77)68-65-62-59-18-15-12-9-6-3)82-76(79)70-67-64-61-58-56-54-52-50-48-45-30-28-26-24-22-20-17-14-11-8-5-2/h22,24,28,30,48,50,73H,4-21,23,25-27,29,31-47,49,51-72H2,1-3H3/b24-22-,30-28-,50-48-. The van der Waals surface area contributed by atoms with E-state index in [2.05, 4.69) is 57.2 Å². The Balaban J connectivity index is 3.98. The van der Waals surface area contributed by atoms with Crippen LogP contribution < -0.4 is 0 Å². The van der Waals surface area contributed by atoms with Crippen molar-refractivity contribution in [3.63, 3.8) is 0 Å². The molecule has 0 N–H and O–H groups in total. The van der Waals surface area contributed by atoms with E-state index >= 15 is 0 Å². The zero-order chi connectivity index (χ0) is 59.2. The highest BCUT2D eigenvalue weighted by atomic mass is 16.6. The summed E-state index contributed by atoms with van der Waals surface area (Å²) >= 11 is 0. The van der Waals surface area contributed by atoms with Gasteiger partial charge in [0.2, 0.25) is 0 Å². The fourth-order valence-corrected chi connectivity index (χ4v) is 11.3. The molecule has 0 aromatic carbocycles. The predicted octanol–water partition coefficient (Wildman–Crippen LogP) is 25.5. The molecule has 0 aliphatic carbocycles. The van der Waals surface area contributed by atoms with Crippen molar-refractivity contribution in [3.05, 3.63) is 36.5 Å². The molecule has 6 nitrogen and oxygen atoms in total. The second-order valence-corrected chi connectivity index (χ2v) is 25.2. The Morgan fingerprint density at radius 2 is 0.439 bits per heavy atom. The van der Waals surface area contributed by atoms with Crippen molar-refractivity contribution in [1.82, 2.24) is 0 Å². The van der Waals surface area contributed by atoms with Crippen molar-refractivity contribution in [1.29, 1.82) is 0 Å². The van der Waals surface area contributed by atoms with Crippen molar-refractivity contribution in [2.24, 2.45) is 0 Å². The Labute approximate surface area is 512 Å². The topological polar surface area (TPSA) is 78.9 Å². The molecule has 0 spiro atoms. The normalized spacial score (nSPS) is 12.2. The highest BCUT2D eigenvalue weighted by molar-refractivity contribution is 5.71. The van der Waals surface area contributed by atoms with Gasteiger partial charge in [-0.1, -0.05) is 372 Å². The van der Waals surface area contributed by atoms with Crippen LogP contribution in [0.1, 0.15) is 412 Å². The van der Waals surface area contributed by atoms with Crippen LogP contribution in [-0.2, 0) is 28.6 Å². The van der Waals surface area contributed by atoms with Gasteiger partial charge in [0.1, 0.15) is 13.2 Å². The van der Waals surface area contributed by atoms with Gasteiger partial charge in [-0.3, -0.25) is 14.4 Å². The second-order valence-electron chi connectivity index (χ2n) is 25.2. The summed E-state index contributed by atoms with van der Waals surface area (Å²) in [4.78, 5) is 38.2. The number of carbonyl (C=O) groups is 3. The van der Waals surface area contributed by atoms with Gasteiger partial charge in [0.05, 0.1) is 0 Å². The average molecular weight is 1150 g/mol. The number of rotatable bonds is 69. The molecule has 82 heavy (non-hydrogen) atoms. The van der Waals surface area contributed by atoms with Gasteiger partial charge in [-0.05, 0) is 57.8 Å². The minimum absolute atomic E-state index is 0.0727. The first-order valence-electron chi connectivity index (χ1n) is 37.0. The minimum Gasteiger partial charge on any atom is -0.462 e. The Kier molecular flexibility index (Phi) is 69.1. The summed E-state index contributed by atoms with van der Waals surface area (Å²) in [5.41, 5.74) is 0. The van der Waals surface area contributed by atoms with Crippen molar-refractivity contribution in [2.45, 2.75) is 419 Å². The fraction of sp³-hybridized carbons (Fsp3) is 0.882. The zero-order valence-electron chi connectivity index (χ0n) is 55.5. The molecule has 1 unspecified atom stereocenters. The average Bonchev–Trinajstić information content (AvgIpc) is 3.48. The van der Waals surface area contributed by atoms with E-state index in [9.17, 15) is 14.4 Å². The van der Waals surface area contributed by atoms with Crippen LogP contribution in [0.5, 0.6) is 0 Å². The quantitative estimate of drug-likeness (QED) is 0.0261. The Bertz CT molecular complexity index is 1370. The Morgan fingerprint density at radius 1 is 0.244 bits per heavy atom. The molecule has 0 amide bonds. The van der Waals surface area contributed by atoms with E-state index in [0.717, 1.165) is 77.0 Å². The van der Waals surface area contributed by atoms with Gasteiger partial charge in [-0.15, -0.1) is 0 Å². The molecule has 0 aromatic heterocycles. The van der Waals surface area contributed by atoms with Crippen LogP contribution in [0.3, 0.4) is 0 Å². The number of allylic oxidation sites excluding steroid dienone is 6. The molecule has 6 heteroatoms. The summed E-state index contributed by atoms with van der Waals surface area (Å²) in [6.07, 6.45) is 89.4. The maximum atomic E-state index is 12.9. The minimum atomic E-state index is -0.776. The third kappa shape index (κ3) is 68.4. The van der Waals surface area contributed by atoms with Crippen LogP contribution in [0, 0.1) is 0 Å². The second kappa shape index (κ2) is 71.1. The summed E-state index contributed by atoms with van der Waals surface area (Å²) in [5.74, 6) is -0.865. The molecule has 482 valence electrons. The highest BCUT2D eigenvalue weighted by Crippen LogP contribution is 2.19. The molecule has 0 radical (unpaired) electrons. The smallest absolute Gasteiger partial charge is 0.306 e. The van der Waals surface area contributed by atoms with Crippen molar-refractivity contribution >= 4 is 17.9 Å². The van der Waals surface area contributed by atoms with E-state index < -0.39 is 6.10 Å². The summed E-state index contributed by atoms with van der Waals surface area (Å²) in [6.45, 7) is 6.66. The van der Waals surface area contributed by atoms with Crippen LogP contribution in [0.4, 0.5) is 0 Å². The number of esters is 3. The van der Waals surface area contributed by atoms with E-state index in [0.29, 0.717) is 19.3 Å². The van der Waals surface area contributed by atoms with E-state index in [4.69, 9.17) is 14.2 Å². The van der Waals surface area contributed by atoms with Crippen LogP contribution in [0.15, 0.2) is 36.5 Å². The Morgan fingerprint density at radius 3 is 0.683 bits per heavy atom. The lowest BCUT2D eigenvalue weighted by molar-refractivity contribution is -0.167. The lowest BCUT2D eigenvalue weighted by Gasteiger charge is -2.18. The SMILES string of the molecule is CCCCCCC/C=C\C/C=C\C/C=C\CCCCCCCCC(=O)OC(COC(=O)CCCCCCCCCC)COC(=O)CCCCCCCCCCCCCCCCCCCCCCCCCCCCCCCCCCCCC. The summed E-state index contributed by atoms with van der Waals surface area (Å²) in [6, 6.07) is 0. The van der Waals surface area contributed by atoms with Gasteiger partial charge >= 0.3 is 17.9 Å². The number of hydrogen-bond donors (Lipinski definition) is 0.